The van der Waals surface area contributed by atoms with Crippen LogP contribution in [0.3, 0.4) is 0 Å². The van der Waals surface area contributed by atoms with Crippen molar-refractivity contribution < 1.29 is 80.2 Å². The number of hydrogen-bond acceptors (Lipinski definition) is 15. The molecule has 2 unspecified atom stereocenters. The molecule has 0 aliphatic rings. The maximum absolute atomic E-state index is 13.0. The molecular formula is C70H136O17P2. The van der Waals surface area contributed by atoms with E-state index in [-0.39, 0.29) is 25.7 Å². The molecule has 0 aromatic heterocycles. The second-order valence-electron chi connectivity index (χ2n) is 25.7. The van der Waals surface area contributed by atoms with Gasteiger partial charge in [0.15, 0.2) is 12.2 Å². The fraction of sp³-hybridized carbons (Fsp3) is 0.943. The van der Waals surface area contributed by atoms with Gasteiger partial charge >= 0.3 is 39.5 Å². The highest BCUT2D eigenvalue weighted by Crippen LogP contribution is 2.45. The van der Waals surface area contributed by atoms with Crippen LogP contribution in [0.2, 0.25) is 0 Å². The monoisotopic (exact) mass is 1310 g/mol. The van der Waals surface area contributed by atoms with Crippen molar-refractivity contribution in [3.05, 3.63) is 0 Å². The van der Waals surface area contributed by atoms with E-state index in [1.54, 1.807) is 0 Å². The molecule has 3 N–H and O–H groups in total. The van der Waals surface area contributed by atoms with Crippen LogP contribution in [0.4, 0.5) is 0 Å². The summed E-state index contributed by atoms with van der Waals surface area (Å²) in [5, 5.41) is 10.6. The lowest BCUT2D eigenvalue weighted by atomic mass is 10.0. The zero-order valence-corrected chi connectivity index (χ0v) is 59.4. The number of unbranched alkanes of at least 4 members (excludes halogenated alkanes) is 42. The van der Waals surface area contributed by atoms with Crippen LogP contribution in [0.15, 0.2) is 0 Å². The Morgan fingerprint density at radius 1 is 0.303 bits per heavy atom. The number of carbonyl (C=O) groups excluding carboxylic acids is 4. The molecule has 0 heterocycles. The van der Waals surface area contributed by atoms with Gasteiger partial charge in [0.25, 0.3) is 0 Å². The van der Waals surface area contributed by atoms with Crippen LogP contribution in [-0.4, -0.2) is 96.7 Å². The second kappa shape index (κ2) is 63.5. The third-order valence-electron chi connectivity index (χ3n) is 16.3. The van der Waals surface area contributed by atoms with Crippen LogP contribution < -0.4 is 0 Å². The van der Waals surface area contributed by atoms with Gasteiger partial charge in [-0.3, -0.25) is 37.3 Å². The molecule has 89 heavy (non-hydrogen) atoms. The highest BCUT2D eigenvalue weighted by Gasteiger charge is 2.30. The lowest BCUT2D eigenvalue weighted by Gasteiger charge is -2.21. The van der Waals surface area contributed by atoms with Gasteiger partial charge in [-0.15, -0.1) is 0 Å². The lowest BCUT2D eigenvalue weighted by Crippen LogP contribution is -2.30. The number of phosphoric ester groups is 2. The Morgan fingerprint density at radius 3 is 0.764 bits per heavy atom. The lowest BCUT2D eigenvalue weighted by molar-refractivity contribution is -0.161. The molecule has 0 aromatic rings. The van der Waals surface area contributed by atoms with Crippen molar-refractivity contribution in [1.82, 2.24) is 0 Å². The third-order valence-corrected chi connectivity index (χ3v) is 18.2. The predicted octanol–water partition coefficient (Wildman–Crippen LogP) is 20.1. The molecule has 0 aliphatic heterocycles. The van der Waals surface area contributed by atoms with Gasteiger partial charge in [0.05, 0.1) is 26.4 Å². The van der Waals surface area contributed by atoms with E-state index in [0.29, 0.717) is 25.7 Å². The van der Waals surface area contributed by atoms with Gasteiger partial charge in [-0.2, -0.15) is 0 Å². The summed E-state index contributed by atoms with van der Waals surface area (Å²) < 4.78 is 68.1. The molecule has 0 amide bonds. The Hall–Kier alpha value is -1.94. The average molecular weight is 1310 g/mol. The summed E-state index contributed by atoms with van der Waals surface area (Å²) in [5.74, 6) is -1.36. The van der Waals surface area contributed by atoms with Crippen molar-refractivity contribution in [2.45, 2.75) is 380 Å². The topological polar surface area (TPSA) is 237 Å². The van der Waals surface area contributed by atoms with Gasteiger partial charge in [0.1, 0.15) is 19.3 Å². The van der Waals surface area contributed by atoms with E-state index in [2.05, 4.69) is 34.6 Å². The highest BCUT2D eigenvalue weighted by atomic mass is 31.2. The van der Waals surface area contributed by atoms with Crippen LogP contribution in [-0.2, 0) is 65.4 Å². The van der Waals surface area contributed by atoms with Gasteiger partial charge in [-0.05, 0) is 31.6 Å². The summed E-state index contributed by atoms with van der Waals surface area (Å²) in [6.45, 7) is 7.19. The largest absolute Gasteiger partial charge is 0.472 e. The summed E-state index contributed by atoms with van der Waals surface area (Å²) in [4.78, 5) is 72.3. The third kappa shape index (κ3) is 64.6. The minimum absolute atomic E-state index is 0.105. The number of esters is 4. The van der Waals surface area contributed by atoms with Crippen molar-refractivity contribution >= 4 is 39.5 Å². The van der Waals surface area contributed by atoms with Gasteiger partial charge in [-0.1, -0.05) is 311 Å². The van der Waals surface area contributed by atoms with E-state index in [1.807, 2.05) is 0 Å². The first-order valence-corrected chi connectivity index (χ1v) is 39.6. The fourth-order valence-corrected chi connectivity index (χ4v) is 12.2. The number of hydrogen-bond donors (Lipinski definition) is 3. The van der Waals surface area contributed by atoms with E-state index >= 15 is 0 Å². The molecule has 17 nitrogen and oxygen atoms in total. The van der Waals surface area contributed by atoms with E-state index in [0.717, 1.165) is 109 Å². The zero-order valence-electron chi connectivity index (χ0n) is 57.6. The summed E-state index contributed by atoms with van der Waals surface area (Å²) in [6, 6.07) is 0. The van der Waals surface area contributed by atoms with Gasteiger partial charge in [0.2, 0.25) is 0 Å². The Kier molecular flexibility index (Phi) is 62.1. The molecule has 528 valence electrons. The molecule has 0 saturated carbocycles. The Morgan fingerprint density at radius 2 is 0.517 bits per heavy atom. The minimum atomic E-state index is -4.95. The maximum Gasteiger partial charge on any atom is 0.472 e. The number of aliphatic hydroxyl groups is 1. The first-order valence-electron chi connectivity index (χ1n) is 36.6. The van der Waals surface area contributed by atoms with E-state index in [4.69, 9.17) is 37.0 Å². The zero-order chi connectivity index (χ0) is 65.6. The van der Waals surface area contributed by atoms with Crippen LogP contribution in [0.5, 0.6) is 0 Å². The van der Waals surface area contributed by atoms with Crippen molar-refractivity contribution in [1.29, 1.82) is 0 Å². The number of phosphoric acid groups is 2. The Bertz CT molecular complexity index is 1720. The molecule has 0 radical (unpaired) electrons. The average Bonchev–Trinajstić information content (AvgIpc) is 3.55. The van der Waals surface area contributed by atoms with Crippen LogP contribution in [0.25, 0.3) is 0 Å². The quantitative estimate of drug-likeness (QED) is 0.0222. The maximum atomic E-state index is 13.0. The van der Waals surface area contributed by atoms with Crippen molar-refractivity contribution in [2.75, 3.05) is 39.6 Å². The van der Waals surface area contributed by atoms with Gasteiger partial charge < -0.3 is 33.8 Å². The van der Waals surface area contributed by atoms with E-state index < -0.39 is 97.5 Å². The number of aliphatic hydroxyl groups excluding tert-OH is 1. The van der Waals surface area contributed by atoms with Gasteiger partial charge in [0, 0.05) is 25.7 Å². The normalized spacial score (nSPS) is 14.1. The molecule has 0 rings (SSSR count). The van der Waals surface area contributed by atoms with Crippen LogP contribution >= 0.6 is 15.6 Å². The first kappa shape index (κ1) is 87.1. The Labute approximate surface area is 543 Å². The molecule has 0 saturated heterocycles. The first-order chi connectivity index (χ1) is 43.0. The summed E-state index contributed by atoms with van der Waals surface area (Å²) in [6.07, 6.45) is 50.2. The second-order valence-corrected chi connectivity index (χ2v) is 28.7. The molecule has 0 spiro atoms. The molecule has 0 aliphatic carbocycles. The van der Waals surface area contributed by atoms with Crippen LogP contribution in [0, 0.1) is 5.92 Å². The molecule has 5 atom stereocenters. The smallest absolute Gasteiger partial charge is 0.462 e. The highest BCUT2D eigenvalue weighted by molar-refractivity contribution is 7.47. The summed E-state index contributed by atoms with van der Waals surface area (Å²) in [7, 11) is -9.89. The van der Waals surface area contributed by atoms with Gasteiger partial charge in [-0.25, -0.2) is 9.13 Å². The minimum Gasteiger partial charge on any atom is -0.462 e. The molecular weight excluding hydrogens is 1170 g/mol. The standard InChI is InChI=1S/C70H136O17P2/c1-6-9-12-15-18-21-22-23-24-25-26-27-28-29-32-36-41-46-51-56-70(75)87-66(60-81-68(73)54-49-44-40-35-33-30-31-34-37-42-47-52-63(4)5)62-85-89(78,79)83-58-64(71)57-82-88(76,77)84-61-65(86-69(74)55-50-45-39-20-17-14-11-8-3)59-80-67(72)53-48-43-38-19-16-13-10-7-2/h63-66,71H,6-62H2,1-5H3,(H,76,77)(H,78,79)/t64-,65+,66+/m0/s1. The van der Waals surface area contributed by atoms with E-state index in [1.165, 1.54) is 173 Å². The predicted molar refractivity (Wildman–Crippen MR) is 358 cm³/mol. The van der Waals surface area contributed by atoms with Crippen molar-refractivity contribution in [3.63, 3.8) is 0 Å². The van der Waals surface area contributed by atoms with E-state index in [9.17, 15) is 43.2 Å². The molecule has 19 heteroatoms. The number of carbonyl (C=O) groups is 4. The van der Waals surface area contributed by atoms with Crippen molar-refractivity contribution in [3.8, 4) is 0 Å². The SMILES string of the molecule is CCCCCCCCCCCCCCCCCCCCCC(=O)O[C@H](COC(=O)CCCCCCCCCCCCCC(C)C)COP(=O)(O)OC[C@@H](O)COP(=O)(O)OC[C@@H](COC(=O)CCCCCCCCCC)OC(=O)CCCCCCCCCC. The number of ether oxygens (including phenoxy) is 4. The summed E-state index contributed by atoms with van der Waals surface area (Å²) in [5.41, 5.74) is 0. The van der Waals surface area contributed by atoms with Crippen molar-refractivity contribution in [2.24, 2.45) is 5.92 Å². The van der Waals surface area contributed by atoms with Crippen LogP contribution in [0.1, 0.15) is 362 Å². The molecule has 0 bridgehead atoms. The molecule has 0 fully saturated rings. The number of rotatable bonds is 70. The summed E-state index contributed by atoms with van der Waals surface area (Å²) >= 11 is 0. The molecule has 0 aromatic carbocycles. The Balaban J connectivity index is 5.16. The fourth-order valence-electron chi connectivity index (χ4n) is 10.6.